The molecule has 8 heavy (non-hydrogen) atoms. The summed E-state index contributed by atoms with van der Waals surface area (Å²) in [5.41, 5.74) is 4.99. The molecule has 44 valence electrons. The predicted octanol–water partition coefficient (Wildman–Crippen LogP) is 2.52. The first kappa shape index (κ1) is 5.65. The summed E-state index contributed by atoms with van der Waals surface area (Å²) in [6.07, 6.45) is 3.29. The molecule has 0 N–H and O–H groups in total. The molecule has 0 heterocycles. The second-order valence-corrected chi connectivity index (χ2v) is 3.06. The van der Waals surface area contributed by atoms with Gasteiger partial charge in [-0.1, -0.05) is 13.8 Å². The molecule has 1 aliphatic carbocycles. The van der Waals surface area contributed by atoms with Crippen LogP contribution in [0, 0.1) is 5.41 Å². The zero-order valence-electron chi connectivity index (χ0n) is 5.78. The standard InChI is InChI=1S/C8H12/c1-7-5-4-6-8(7,2)3/h4H,6H2,1-3H3. The topological polar surface area (TPSA) is 0 Å². The molecule has 0 aromatic heterocycles. The third-order valence-electron chi connectivity index (χ3n) is 1.95. The summed E-state index contributed by atoms with van der Waals surface area (Å²) < 4.78 is 0. The van der Waals surface area contributed by atoms with Gasteiger partial charge in [0.15, 0.2) is 0 Å². The molecule has 0 aromatic carbocycles. The Bertz CT molecular complexity index is 155. The van der Waals surface area contributed by atoms with Gasteiger partial charge >= 0.3 is 0 Å². The molecular weight excluding hydrogens is 96.1 g/mol. The normalized spacial score (nSPS) is 23.6. The molecule has 1 aliphatic rings. The van der Waals surface area contributed by atoms with E-state index in [1.54, 1.807) is 0 Å². The van der Waals surface area contributed by atoms with Gasteiger partial charge in [0.05, 0.1) is 0 Å². The summed E-state index contributed by atoms with van der Waals surface area (Å²) in [6, 6.07) is 0. The molecule has 0 aromatic rings. The Hall–Kier alpha value is -0.480. The van der Waals surface area contributed by atoms with Crippen LogP contribution in [0.2, 0.25) is 0 Å². The van der Waals surface area contributed by atoms with E-state index >= 15 is 0 Å². The van der Waals surface area contributed by atoms with E-state index in [1.165, 1.54) is 12.0 Å². The molecule has 0 nitrogen and oxygen atoms in total. The van der Waals surface area contributed by atoms with Crippen LogP contribution in [0.5, 0.6) is 0 Å². The van der Waals surface area contributed by atoms with Crippen LogP contribution in [0.15, 0.2) is 17.4 Å². The number of hydrogen-bond acceptors (Lipinski definition) is 0. The van der Waals surface area contributed by atoms with Crippen molar-refractivity contribution in [2.75, 3.05) is 0 Å². The first-order chi connectivity index (χ1) is 3.63. The molecular formula is C8H12. The van der Waals surface area contributed by atoms with Crippen molar-refractivity contribution in [2.24, 2.45) is 5.41 Å². The minimum absolute atomic E-state index is 0.403. The van der Waals surface area contributed by atoms with Crippen molar-refractivity contribution >= 4 is 0 Å². The molecule has 0 saturated heterocycles. The van der Waals surface area contributed by atoms with Crippen molar-refractivity contribution in [1.82, 2.24) is 0 Å². The van der Waals surface area contributed by atoms with Crippen LogP contribution in [0.3, 0.4) is 0 Å². The van der Waals surface area contributed by atoms with Gasteiger partial charge in [-0.3, -0.25) is 0 Å². The van der Waals surface area contributed by atoms with E-state index in [0.717, 1.165) is 0 Å². The average Bonchev–Trinajstić information content (AvgIpc) is 1.86. The quantitative estimate of drug-likeness (QED) is 0.418. The lowest BCUT2D eigenvalue weighted by molar-refractivity contribution is 0.468. The monoisotopic (exact) mass is 108 g/mol. The largest absolute Gasteiger partial charge is 0.126 e. The zero-order valence-corrected chi connectivity index (χ0v) is 5.78. The first-order valence-electron chi connectivity index (χ1n) is 3.05. The first-order valence-corrected chi connectivity index (χ1v) is 3.05. The molecule has 0 aliphatic heterocycles. The van der Waals surface area contributed by atoms with E-state index in [9.17, 15) is 0 Å². The number of allylic oxidation sites excluding steroid dienone is 1. The lowest BCUT2D eigenvalue weighted by Gasteiger charge is -2.17. The van der Waals surface area contributed by atoms with Gasteiger partial charge in [0.25, 0.3) is 0 Å². The van der Waals surface area contributed by atoms with Crippen molar-refractivity contribution in [2.45, 2.75) is 27.2 Å². The van der Waals surface area contributed by atoms with Gasteiger partial charge in [-0.05, 0) is 30.4 Å². The summed E-state index contributed by atoms with van der Waals surface area (Å²) >= 11 is 0. The van der Waals surface area contributed by atoms with Crippen LogP contribution in [-0.4, -0.2) is 0 Å². The number of hydrogen-bond donors (Lipinski definition) is 0. The van der Waals surface area contributed by atoms with Gasteiger partial charge < -0.3 is 0 Å². The van der Waals surface area contributed by atoms with Crippen LogP contribution in [0.4, 0.5) is 0 Å². The fourth-order valence-electron chi connectivity index (χ4n) is 0.808. The third-order valence-corrected chi connectivity index (χ3v) is 1.95. The highest BCUT2D eigenvalue weighted by Gasteiger charge is 2.20. The van der Waals surface area contributed by atoms with Crippen LogP contribution >= 0.6 is 0 Å². The van der Waals surface area contributed by atoms with Crippen molar-refractivity contribution in [3.8, 4) is 0 Å². The molecule has 0 atom stereocenters. The van der Waals surface area contributed by atoms with Gasteiger partial charge in [0.2, 0.25) is 0 Å². The SMILES string of the molecule is CC1=C=CCC1(C)C. The molecule has 0 unspecified atom stereocenters. The fourth-order valence-corrected chi connectivity index (χ4v) is 0.808. The van der Waals surface area contributed by atoms with E-state index in [2.05, 4.69) is 32.6 Å². The summed E-state index contributed by atoms with van der Waals surface area (Å²) in [5.74, 6) is 0. The Balaban J connectivity index is 2.85. The number of rotatable bonds is 0. The third kappa shape index (κ3) is 0.719. The molecule has 1 rings (SSSR count). The van der Waals surface area contributed by atoms with E-state index < -0.39 is 0 Å². The Morgan fingerprint density at radius 2 is 2.25 bits per heavy atom. The van der Waals surface area contributed by atoms with Crippen molar-refractivity contribution in [3.05, 3.63) is 17.4 Å². The van der Waals surface area contributed by atoms with Crippen LogP contribution < -0.4 is 0 Å². The van der Waals surface area contributed by atoms with E-state index in [-0.39, 0.29) is 0 Å². The average molecular weight is 108 g/mol. The molecule has 0 fully saturated rings. The summed E-state index contributed by atoms with van der Waals surface area (Å²) in [6.45, 7) is 6.64. The minimum Gasteiger partial charge on any atom is -0.126 e. The fraction of sp³-hybridized carbons (Fsp3) is 0.625. The van der Waals surface area contributed by atoms with E-state index in [1.807, 2.05) is 0 Å². The van der Waals surface area contributed by atoms with Crippen LogP contribution in [0.1, 0.15) is 27.2 Å². The lowest BCUT2D eigenvalue weighted by atomic mass is 9.86. The molecule has 0 radical (unpaired) electrons. The Morgan fingerprint density at radius 1 is 1.62 bits per heavy atom. The van der Waals surface area contributed by atoms with E-state index in [0.29, 0.717) is 5.41 Å². The smallest absolute Gasteiger partial charge is 0.00312 e. The molecule has 0 bridgehead atoms. The maximum atomic E-state index is 3.20. The Labute approximate surface area is 50.9 Å². The molecule has 0 spiro atoms. The molecule has 0 heteroatoms. The maximum Gasteiger partial charge on any atom is -0.00312 e. The Kier molecular flexibility index (Phi) is 1.06. The lowest BCUT2D eigenvalue weighted by Crippen LogP contribution is -2.07. The van der Waals surface area contributed by atoms with Gasteiger partial charge in [0, 0.05) is 0 Å². The second-order valence-electron chi connectivity index (χ2n) is 3.06. The van der Waals surface area contributed by atoms with Gasteiger partial charge in [0.1, 0.15) is 0 Å². The molecule has 0 amide bonds. The van der Waals surface area contributed by atoms with Crippen molar-refractivity contribution in [1.29, 1.82) is 0 Å². The summed E-state index contributed by atoms with van der Waals surface area (Å²) in [7, 11) is 0. The highest BCUT2D eigenvalue weighted by molar-refractivity contribution is 5.16. The van der Waals surface area contributed by atoms with Crippen LogP contribution in [-0.2, 0) is 0 Å². The molecule has 0 saturated carbocycles. The Morgan fingerprint density at radius 3 is 2.38 bits per heavy atom. The minimum atomic E-state index is 0.403. The highest BCUT2D eigenvalue weighted by atomic mass is 14.2. The summed E-state index contributed by atoms with van der Waals surface area (Å²) in [4.78, 5) is 0. The maximum absolute atomic E-state index is 3.20. The van der Waals surface area contributed by atoms with Gasteiger partial charge in [-0.25, -0.2) is 0 Å². The zero-order chi connectivity index (χ0) is 6.20. The van der Waals surface area contributed by atoms with Crippen LogP contribution in [0.25, 0.3) is 0 Å². The van der Waals surface area contributed by atoms with Gasteiger partial charge in [-0.15, -0.1) is 5.73 Å². The van der Waals surface area contributed by atoms with Crippen molar-refractivity contribution in [3.63, 3.8) is 0 Å². The van der Waals surface area contributed by atoms with Gasteiger partial charge in [-0.2, -0.15) is 0 Å². The van der Waals surface area contributed by atoms with E-state index in [4.69, 9.17) is 0 Å². The predicted molar refractivity (Wildman–Crippen MR) is 35.7 cm³/mol. The highest BCUT2D eigenvalue weighted by Crippen LogP contribution is 2.32. The van der Waals surface area contributed by atoms with Crippen molar-refractivity contribution < 1.29 is 0 Å². The summed E-state index contributed by atoms with van der Waals surface area (Å²) in [5, 5.41) is 0. The second kappa shape index (κ2) is 1.50.